The predicted octanol–water partition coefficient (Wildman–Crippen LogP) is -0.222. The summed E-state index contributed by atoms with van der Waals surface area (Å²) >= 11 is 3.59. The molecule has 0 aromatic rings. The van der Waals surface area contributed by atoms with Crippen LogP contribution in [0.5, 0.6) is 0 Å². The maximum absolute atomic E-state index is 13.3. The molecule has 8 nitrogen and oxygen atoms in total. The maximum Gasteiger partial charge on any atom is 0.246 e. The standard InChI is InChI=1S/C18H28BrN3O5/c1-17(2,3)21-15(25)13-18-8-9(19)12(27-18)10(14(24)20-4)11(18)16(26)22(13)6-5-7-23/h9-13,23H,5-8H2,1-4H3,(H,20,24)(H,21,25)/t9?,10-,11-,12-,13?,18?/m0/s1. The molecule has 3 unspecified atom stereocenters. The first-order valence-corrected chi connectivity index (χ1v) is 10.3. The van der Waals surface area contributed by atoms with Crippen LogP contribution in [0.3, 0.4) is 0 Å². The molecular formula is C18H28BrN3O5. The molecule has 3 amide bonds. The molecule has 3 fully saturated rings. The van der Waals surface area contributed by atoms with Gasteiger partial charge in [-0.2, -0.15) is 0 Å². The van der Waals surface area contributed by atoms with Crippen LogP contribution < -0.4 is 10.6 Å². The zero-order valence-corrected chi connectivity index (χ0v) is 17.7. The summed E-state index contributed by atoms with van der Waals surface area (Å²) in [7, 11) is 1.54. The molecular weight excluding hydrogens is 418 g/mol. The predicted molar refractivity (Wildman–Crippen MR) is 101 cm³/mol. The van der Waals surface area contributed by atoms with E-state index >= 15 is 0 Å². The number of nitrogens with zero attached hydrogens (tertiary/aromatic N) is 1. The minimum Gasteiger partial charge on any atom is -0.396 e. The Morgan fingerprint density at radius 3 is 2.59 bits per heavy atom. The van der Waals surface area contributed by atoms with E-state index in [1.807, 2.05) is 20.8 Å². The first kappa shape index (κ1) is 20.5. The summed E-state index contributed by atoms with van der Waals surface area (Å²) in [4.78, 5) is 40.4. The van der Waals surface area contributed by atoms with Crippen LogP contribution in [0.1, 0.15) is 33.6 Å². The van der Waals surface area contributed by atoms with Gasteiger partial charge in [0.05, 0.1) is 17.9 Å². The van der Waals surface area contributed by atoms with Gasteiger partial charge in [0.2, 0.25) is 17.7 Å². The van der Waals surface area contributed by atoms with Gasteiger partial charge in [-0.15, -0.1) is 0 Å². The van der Waals surface area contributed by atoms with E-state index < -0.39 is 35.1 Å². The molecule has 1 spiro atoms. The molecule has 0 saturated carbocycles. The van der Waals surface area contributed by atoms with E-state index in [0.29, 0.717) is 12.8 Å². The largest absolute Gasteiger partial charge is 0.396 e. The van der Waals surface area contributed by atoms with E-state index in [4.69, 9.17) is 4.74 Å². The fourth-order valence-corrected chi connectivity index (χ4v) is 5.76. The second kappa shape index (κ2) is 7.00. The van der Waals surface area contributed by atoms with Crippen molar-refractivity contribution in [1.82, 2.24) is 15.5 Å². The number of halogens is 1. The number of likely N-dealkylation sites (tertiary alicyclic amines) is 1. The van der Waals surface area contributed by atoms with E-state index in [1.165, 1.54) is 11.9 Å². The second-order valence-electron chi connectivity index (χ2n) is 8.63. The number of hydrogen-bond acceptors (Lipinski definition) is 5. The summed E-state index contributed by atoms with van der Waals surface area (Å²) in [5, 5.41) is 14.8. The van der Waals surface area contributed by atoms with Crippen LogP contribution >= 0.6 is 15.9 Å². The smallest absolute Gasteiger partial charge is 0.246 e. The maximum atomic E-state index is 13.3. The number of fused-ring (bicyclic) bond motifs is 1. The third-order valence-electron chi connectivity index (χ3n) is 5.64. The van der Waals surface area contributed by atoms with E-state index in [9.17, 15) is 19.5 Å². The Morgan fingerprint density at radius 1 is 1.37 bits per heavy atom. The van der Waals surface area contributed by atoms with E-state index in [-0.39, 0.29) is 35.7 Å². The van der Waals surface area contributed by atoms with Crippen LogP contribution in [-0.2, 0) is 19.1 Å². The van der Waals surface area contributed by atoms with Crippen LogP contribution in [0.25, 0.3) is 0 Å². The Labute approximate surface area is 167 Å². The SMILES string of the molecule is CNC(=O)[C@H]1[C@H]2C(=O)N(CCCO)C(C(=O)NC(C)(C)C)C23CC(Br)[C@@H]1O3. The van der Waals surface area contributed by atoms with E-state index in [1.54, 1.807) is 0 Å². The molecule has 2 bridgehead atoms. The van der Waals surface area contributed by atoms with Crippen molar-refractivity contribution in [3.05, 3.63) is 0 Å². The van der Waals surface area contributed by atoms with Gasteiger partial charge in [-0.25, -0.2) is 0 Å². The molecule has 3 N–H and O–H groups in total. The Morgan fingerprint density at radius 2 is 2.04 bits per heavy atom. The lowest BCUT2D eigenvalue weighted by Crippen LogP contribution is -2.58. The number of carbonyl (C=O) groups is 3. The number of hydrogen-bond donors (Lipinski definition) is 3. The quantitative estimate of drug-likeness (QED) is 0.506. The molecule has 3 rings (SSSR count). The third kappa shape index (κ3) is 3.17. The average molecular weight is 446 g/mol. The van der Waals surface area contributed by atoms with Crippen molar-refractivity contribution in [2.24, 2.45) is 11.8 Å². The number of nitrogens with one attached hydrogen (secondary N) is 2. The Kier molecular flexibility index (Phi) is 5.33. The van der Waals surface area contributed by atoms with Crippen molar-refractivity contribution in [1.29, 1.82) is 0 Å². The van der Waals surface area contributed by atoms with Gasteiger partial charge in [0.25, 0.3) is 0 Å². The number of alkyl halides is 1. The molecule has 3 heterocycles. The van der Waals surface area contributed by atoms with Crippen molar-refractivity contribution < 1.29 is 24.2 Å². The number of carbonyl (C=O) groups excluding carboxylic acids is 3. The van der Waals surface area contributed by atoms with Crippen molar-refractivity contribution >= 4 is 33.7 Å². The first-order valence-electron chi connectivity index (χ1n) is 9.34. The van der Waals surface area contributed by atoms with Gasteiger partial charge in [-0.05, 0) is 33.6 Å². The molecule has 3 saturated heterocycles. The number of amides is 3. The highest BCUT2D eigenvalue weighted by Gasteiger charge is 2.76. The summed E-state index contributed by atoms with van der Waals surface area (Å²) in [6.07, 6.45) is 0.405. The van der Waals surface area contributed by atoms with Gasteiger partial charge in [-0.1, -0.05) is 15.9 Å². The minimum absolute atomic E-state index is 0.0848. The Bertz CT molecular complexity index is 651. The molecule has 27 heavy (non-hydrogen) atoms. The van der Waals surface area contributed by atoms with Crippen molar-refractivity contribution in [2.45, 2.75) is 61.7 Å². The fourth-order valence-electron chi connectivity index (χ4n) is 4.82. The Hall–Kier alpha value is -1.19. The number of aliphatic hydroxyl groups is 1. The lowest BCUT2D eigenvalue weighted by atomic mass is 9.70. The summed E-state index contributed by atoms with van der Waals surface area (Å²) in [5.74, 6) is -2.10. The Balaban J connectivity index is 2.03. The monoisotopic (exact) mass is 445 g/mol. The highest BCUT2D eigenvalue weighted by molar-refractivity contribution is 9.09. The van der Waals surface area contributed by atoms with Crippen LogP contribution in [0.2, 0.25) is 0 Å². The zero-order chi connectivity index (χ0) is 20.1. The zero-order valence-electron chi connectivity index (χ0n) is 16.1. The second-order valence-corrected chi connectivity index (χ2v) is 9.80. The molecule has 0 aromatic carbocycles. The molecule has 152 valence electrons. The molecule has 0 aromatic heterocycles. The minimum atomic E-state index is -1.03. The van der Waals surface area contributed by atoms with Gasteiger partial charge in [0.1, 0.15) is 11.6 Å². The lowest BCUT2D eigenvalue weighted by molar-refractivity contribution is -0.142. The molecule has 9 heteroatoms. The van der Waals surface area contributed by atoms with Crippen LogP contribution in [-0.4, -0.2) is 76.0 Å². The van der Waals surface area contributed by atoms with Gasteiger partial charge < -0.3 is 25.4 Å². The van der Waals surface area contributed by atoms with E-state index in [0.717, 1.165) is 0 Å². The van der Waals surface area contributed by atoms with Gasteiger partial charge >= 0.3 is 0 Å². The molecule has 0 radical (unpaired) electrons. The van der Waals surface area contributed by atoms with E-state index in [2.05, 4.69) is 26.6 Å². The van der Waals surface area contributed by atoms with Gasteiger partial charge in [0.15, 0.2) is 0 Å². The number of ether oxygens (including phenoxy) is 1. The van der Waals surface area contributed by atoms with Crippen molar-refractivity contribution in [3.63, 3.8) is 0 Å². The molecule has 6 atom stereocenters. The summed E-state index contributed by atoms with van der Waals surface area (Å²) in [5.41, 5.74) is -1.50. The highest BCUT2D eigenvalue weighted by atomic mass is 79.9. The average Bonchev–Trinajstić information content (AvgIpc) is 3.14. The van der Waals surface area contributed by atoms with Gasteiger partial charge in [-0.3, -0.25) is 14.4 Å². The van der Waals surface area contributed by atoms with Crippen LogP contribution in [0.15, 0.2) is 0 Å². The summed E-state index contributed by atoms with van der Waals surface area (Å²) in [6, 6.07) is -0.819. The van der Waals surface area contributed by atoms with Crippen LogP contribution in [0, 0.1) is 11.8 Å². The molecule has 0 aliphatic carbocycles. The van der Waals surface area contributed by atoms with Crippen molar-refractivity contribution in [2.75, 3.05) is 20.2 Å². The lowest BCUT2D eigenvalue weighted by Gasteiger charge is -2.35. The van der Waals surface area contributed by atoms with Crippen molar-refractivity contribution in [3.8, 4) is 0 Å². The fraction of sp³-hybridized carbons (Fsp3) is 0.833. The first-order chi connectivity index (χ1) is 12.6. The normalized spacial score (nSPS) is 37.5. The number of aliphatic hydroxyl groups excluding tert-OH is 1. The third-order valence-corrected chi connectivity index (χ3v) is 6.49. The summed E-state index contributed by atoms with van der Waals surface area (Å²) < 4.78 is 6.27. The number of rotatable bonds is 5. The topological polar surface area (TPSA) is 108 Å². The molecule has 3 aliphatic heterocycles. The summed E-state index contributed by atoms with van der Waals surface area (Å²) in [6.45, 7) is 5.79. The van der Waals surface area contributed by atoms with Crippen LogP contribution in [0.4, 0.5) is 0 Å². The van der Waals surface area contributed by atoms with Gasteiger partial charge in [0, 0.05) is 30.6 Å². The molecule has 3 aliphatic rings. The highest BCUT2D eigenvalue weighted by Crippen LogP contribution is 2.59.